The van der Waals surface area contributed by atoms with Crippen molar-refractivity contribution in [2.45, 2.75) is 13.8 Å². The summed E-state index contributed by atoms with van der Waals surface area (Å²) in [6, 6.07) is 11.0. The number of carbonyl (C=O) groups excluding carboxylic acids is 1. The second-order valence-corrected chi connectivity index (χ2v) is 7.99. The van der Waals surface area contributed by atoms with Gasteiger partial charge >= 0.3 is 0 Å². The minimum Gasteiger partial charge on any atom is -0.496 e. The molecule has 0 radical (unpaired) electrons. The molecule has 0 saturated carbocycles. The number of nitrogens with one attached hydrogen (secondary N) is 1. The molecule has 2 aromatic carbocycles. The molecule has 7 nitrogen and oxygen atoms in total. The van der Waals surface area contributed by atoms with Crippen LogP contribution in [0.2, 0.25) is 0 Å². The summed E-state index contributed by atoms with van der Waals surface area (Å²) in [6.07, 6.45) is 0. The van der Waals surface area contributed by atoms with Crippen molar-refractivity contribution in [3.05, 3.63) is 57.8 Å². The molecule has 0 bridgehead atoms. The maximum atomic E-state index is 12.6. The lowest BCUT2D eigenvalue weighted by atomic mass is 10.1. The summed E-state index contributed by atoms with van der Waals surface area (Å²) in [5.41, 5.74) is 3.21. The van der Waals surface area contributed by atoms with Crippen LogP contribution in [0.1, 0.15) is 21.7 Å². The third-order valence-corrected chi connectivity index (χ3v) is 5.85. The predicted molar refractivity (Wildman–Crippen MR) is 112 cm³/mol. The van der Waals surface area contributed by atoms with Gasteiger partial charge < -0.3 is 10.1 Å². The number of fused-ring (bicyclic) bond motifs is 1. The highest BCUT2D eigenvalue weighted by Gasteiger charge is 2.14. The minimum absolute atomic E-state index is 0.186. The lowest BCUT2D eigenvalue weighted by Crippen LogP contribution is -2.12. The monoisotopic (exact) mass is 457 g/mol. The van der Waals surface area contributed by atoms with Gasteiger partial charge in [0.25, 0.3) is 5.91 Å². The first kappa shape index (κ1) is 18.6. The van der Waals surface area contributed by atoms with Crippen LogP contribution in [0.5, 0.6) is 5.75 Å². The third-order valence-electron chi connectivity index (χ3n) is 4.28. The van der Waals surface area contributed by atoms with Crippen LogP contribution in [-0.2, 0) is 0 Å². The third kappa shape index (κ3) is 3.38. The molecule has 1 N–H and O–H groups in total. The molecular formula is C19H16BrN5O2S. The summed E-state index contributed by atoms with van der Waals surface area (Å²) >= 11 is 4.88. The number of hydrogen-bond acceptors (Lipinski definition) is 6. The second-order valence-electron chi connectivity index (χ2n) is 6.18. The molecule has 0 spiro atoms. The van der Waals surface area contributed by atoms with Crippen molar-refractivity contribution in [3.63, 3.8) is 0 Å². The Labute approximate surface area is 173 Å². The van der Waals surface area contributed by atoms with Gasteiger partial charge in [-0.1, -0.05) is 11.3 Å². The molecule has 2 heterocycles. The summed E-state index contributed by atoms with van der Waals surface area (Å²) in [6.45, 7) is 3.82. The number of ether oxygens (including phenoxy) is 1. The number of halogens is 1. The Morgan fingerprint density at radius 2 is 2.00 bits per heavy atom. The minimum atomic E-state index is -0.186. The van der Waals surface area contributed by atoms with Gasteiger partial charge in [0.05, 0.1) is 11.6 Å². The van der Waals surface area contributed by atoms with E-state index in [0.29, 0.717) is 11.3 Å². The van der Waals surface area contributed by atoms with Gasteiger partial charge in [0.15, 0.2) is 5.82 Å². The molecule has 0 unspecified atom stereocenters. The van der Waals surface area contributed by atoms with Crippen LogP contribution in [0.15, 0.2) is 40.9 Å². The molecule has 1 amide bonds. The maximum absolute atomic E-state index is 12.6. The van der Waals surface area contributed by atoms with E-state index in [0.717, 1.165) is 37.1 Å². The van der Waals surface area contributed by atoms with Gasteiger partial charge in [-0.25, -0.2) is 0 Å². The number of anilines is 1. The van der Waals surface area contributed by atoms with Crippen molar-refractivity contribution in [3.8, 4) is 16.3 Å². The molecule has 0 aliphatic carbocycles. The van der Waals surface area contributed by atoms with Crippen molar-refractivity contribution in [2.24, 2.45) is 0 Å². The van der Waals surface area contributed by atoms with E-state index in [2.05, 4.69) is 36.5 Å². The SMILES string of the molecule is COc1ccc(C(=O)Nc2ccc(-c3nn4c(C)nnc4s3)cc2C)cc1Br. The smallest absolute Gasteiger partial charge is 0.255 e. The van der Waals surface area contributed by atoms with E-state index in [1.54, 1.807) is 29.8 Å². The molecule has 0 fully saturated rings. The number of benzene rings is 2. The average Bonchev–Trinajstić information content (AvgIpc) is 3.25. The predicted octanol–water partition coefficient (Wildman–Crippen LogP) is 4.49. The summed E-state index contributed by atoms with van der Waals surface area (Å²) in [5.74, 6) is 1.25. The second kappa shape index (κ2) is 7.33. The number of hydrogen-bond donors (Lipinski definition) is 1. The van der Waals surface area contributed by atoms with Gasteiger partial charge in [-0.05, 0) is 71.7 Å². The van der Waals surface area contributed by atoms with E-state index >= 15 is 0 Å². The number of amides is 1. The van der Waals surface area contributed by atoms with E-state index < -0.39 is 0 Å². The molecule has 0 aliphatic heterocycles. The fourth-order valence-corrected chi connectivity index (χ4v) is 4.19. The van der Waals surface area contributed by atoms with Gasteiger partial charge in [-0.2, -0.15) is 9.61 Å². The number of nitrogens with zero attached hydrogens (tertiary/aromatic N) is 4. The summed E-state index contributed by atoms with van der Waals surface area (Å²) in [5, 5.41) is 16.5. The van der Waals surface area contributed by atoms with Crippen molar-refractivity contribution in [2.75, 3.05) is 12.4 Å². The van der Waals surface area contributed by atoms with Gasteiger partial charge in [-0.3, -0.25) is 4.79 Å². The van der Waals surface area contributed by atoms with E-state index in [4.69, 9.17) is 4.74 Å². The molecule has 4 rings (SSSR count). The maximum Gasteiger partial charge on any atom is 0.255 e. The van der Waals surface area contributed by atoms with Crippen molar-refractivity contribution < 1.29 is 9.53 Å². The van der Waals surface area contributed by atoms with Gasteiger partial charge in [0.1, 0.15) is 10.8 Å². The van der Waals surface area contributed by atoms with Gasteiger partial charge in [-0.15, -0.1) is 10.2 Å². The Balaban J connectivity index is 1.57. The average molecular weight is 458 g/mol. The molecule has 0 saturated heterocycles. The zero-order chi connectivity index (χ0) is 19.8. The van der Waals surface area contributed by atoms with E-state index in [1.165, 1.54) is 11.3 Å². The number of rotatable bonds is 4. The number of aryl methyl sites for hydroxylation is 2. The number of carbonyl (C=O) groups is 1. The number of aromatic nitrogens is 4. The van der Waals surface area contributed by atoms with Gasteiger partial charge in [0.2, 0.25) is 4.96 Å². The van der Waals surface area contributed by atoms with Crippen LogP contribution in [0.25, 0.3) is 15.5 Å². The molecule has 0 atom stereocenters. The van der Waals surface area contributed by atoms with Crippen molar-refractivity contribution >= 4 is 43.8 Å². The van der Waals surface area contributed by atoms with E-state index in [1.807, 2.05) is 32.0 Å². The quantitative estimate of drug-likeness (QED) is 0.487. The van der Waals surface area contributed by atoms with Crippen LogP contribution in [-0.4, -0.2) is 32.8 Å². The first-order valence-electron chi connectivity index (χ1n) is 8.41. The first-order chi connectivity index (χ1) is 13.5. The Bertz CT molecular complexity index is 1200. The molecule has 2 aromatic heterocycles. The topological polar surface area (TPSA) is 81.4 Å². The summed E-state index contributed by atoms with van der Waals surface area (Å²) in [4.78, 5) is 13.3. The van der Waals surface area contributed by atoms with Crippen LogP contribution in [0, 0.1) is 13.8 Å². The van der Waals surface area contributed by atoms with E-state index in [9.17, 15) is 4.79 Å². The van der Waals surface area contributed by atoms with Gasteiger partial charge in [0, 0.05) is 16.8 Å². The fraction of sp³-hybridized carbons (Fsp3) is 0.158. The van der Waals surface area contributed by atoms with Crippen molar-refractivity contribution in [1.29, 1.82) is 0 Å². The molecule has 28 heavy (non-hydrogen) atoms. The molecule has 142 valence electrons. The highest BCUT2D eigenvalue weighted by molar-refractivity contribution is 9.10. The Morgan fingerprint density at radius 1 is 1.18 bits per heavy atom. The highest BCUT2D eigenvalue weighted by Crippen LogP contribution is 2.29. The normalized spacial score (nSPS) is 11.0. The van der Waals surface area contributed by atoms with Crippen LogP contribution >= 0.6 is 27.3 Å². The standard InChI is InChI=1S/C19H16BrN5O2S/c1-10-8-13(18-24-25-11(2)22-23-19(25)28-18)4-6-15(10)21-17(26)12-5-7-16(27-3)14(20)9-12/h4-9H,1-3H3,(H,21,26). The van der Waals surface area contributed by atoms with Crippen LogP contribution < -0.4 is 10.1 Å². The first-order valence-corrected chi connectivity index (χ1v) is 10.0. The lowest BCUT2D eigenvalue weighted by Gasteiger charge is -2.11. The Kier molecular flexibility index (Phi) is 4.86. The number of methoxy groups -OCH3 is 1. The molecule has 9 heteroatoms. The molecule has 0 aliphatic rings. The molecule has 4 aromatic rings. The van der Waals surface area contributed by atoms with Crippen LogP contribution in [0.3, 0.4) is 0 Å². The van der Waals surface area contributed by atoms with Crippen molar-refractivity contribution in [1.82, 2.24) is 19.8 Å². The van der Waals surface area contributed by atoms with E-state index in [-0.39, 0.29) is 5.91 Å². The molecular weight excluding hydrogens is 442 g/mol. The zero-order valence-electron chi connectivity index (χ0n) is 15.4. The lowest BCUT2D eigenvalue weighted by molar-refractivity contribution is 0.102. The fourth-order valence-electron chi connectivity index (χ4n) is 2.77. The summed E-state index contributed by atoms with van der Waals surface area (Å²) in [7, 11) is 1.59. The Morgan fingerprint density at radius 3 is 2.68 bits per heavy atom. The highest BCUT2D eigenvalue weighted by atomic mass is 79.9. The summed E-state index contributed by atoms with van der Waals surface area (Å²) < 4.78 is 7.66. The largest absolute Gasteiger partial charge is 0.496 e. The van der Waals surface area contributed by atoms with Crippen LogP contribution in [0.4, 0.5) is 5.69 Å². The zero-order valence-corrected chi connectivity index (χ0v) is 17.8. The Hall–Kier alpha value is -2.78.